The Balaban J connectivity index is 2.02. The van der Waals surface area contributed by atoms with Gasteiger partial charge < -0.3 is 20.3 Å². The average Bonchev–Trinajstić information content (AvgIpc) is 2.71. The van der Waals surface area contributed by atoms with E-state index >= 15 is 0 Å². The van der Waals surface area contributed by atoms with Crippen molar-refractivity contribution in [3.8, 4) is 0 Å². The fraction of sp³-hybridized carbons (Fsp3) is 0.556. The highest BCUT2D eigenvalue weighted by molar-refractivity contribution is 9.10. The zero-order chi connectivity index (χ0) is 13.1. The van der Waals surface area contributed by atoms with Crippen molar-refractivity contribution in [2.45, 2.75) is 6.54 Å². The fourth-order valence-electron chi connectivity index (χ4n) is 1.74. The van der Waals surface area contributed by atoms with Crippen molar-refractivity contribution in [3.05, 3.63) is 20.8 Å². The van der Waals surface area contributed by atoms with Gasteiger partial charge in [0, 0.05) is 26.2 Å². The third-order valence-electron chi connectivity index (χ3n) is 2.64. The first-order valence-corrected chi connectivity index (χ1v) is 6.23. The second kappa shape index (κ2) is 5.44. The molecule has 0 unspecified atom stereocenters. The molecule has 0 atom stereocenters. The monoisotopic (exact) mass is 317 g/mol. The van der Waals surface area contributed by atoms with Gasteiger partial charge in [-0.05, 0) is 20.9 Å². The van der Waals surface area contributed by atoms with Crippen LogP contribution in [0, 0.1) is 10.1 Å². The van der Waals surface area contributed by atoms with Crippen LogP contribution >= 0.6 is 15.9 Å². The van der Waals surface area contributed by atoms with E-state index in [1.54, 1.807) is 4.90 Å². The SMILES string of the molecule is O=C(Cn1cc(Br)c([N+](=O)[O-])n1)N1CCNCC1. The Kier molecular flexibility index (Phi) is 3.92. The molecule has 2 heterocycles. The Labute approximate surface area is 111 Å². The molecular formula is C9H12BrN5O3. The lowest BCUT2D eigenvalue weighted by molar-refractivity contribution is -0.390. The normalized spacial score (nSPS) is 15.7. The molecule has 1 amide bonds. The zero-order valence-corrected chi connectivity index (χ0v) is 11.1. The molecule has 1 aliphatic rings. The van der Waals surface area contributed by atoms with Crippen molar-refractivity contribution in [2.75, 3.05) is 26.2 Å². The van der Waals surface area contributed by atoms with Crippen LogP contribution in [0.1, 0.15) is 0 Å². The van der Waals surface area contributed by atoms with Gasteiger partial charge in [0.25, 0.3) is 0 Å². The average molecular weight is 318 g/mol. The van der Waals surface area contributed by atoms with Gasteiger partial charge in [-0.3, -0.25) is 4.79 Å². The fourth-order valence-corrected chi connectivity index (χ4v) is 2.20. The van der Waals surface area contributed by atoms with E-state index in [2.05, 4.69) is 26.3 Å². The number of carbonyl (C=O) groups is 1. The topological polar surface area (TPSA) is 93.3 Å². The summed E-state index contributed by atoms with van der Waals surface area (Å²) >= 11 is 3.04. The Morgan fingerprint density at radius 1 is 1.56 bits per heavy atom. The van der Waals surface area contributed by atoms with Gasteiger partial charge in [-0.15, -0.1) is 0 Å². The van der Waals surface area contributed by atoms with Crippen LogP contribution in [0.15, 0.2) is 10.7 Å². The van der Waals surface area contributed by atoms with Gasteiger partial charge in [0.15, 0.2) is 0 Å². The number of nitrogens with zero attached hydrogens (tertiary/aromatic N) is 4. The Morgan fingerprint density at radius 2 is 2.22 bits per heavy atom. The van der Waals surface area contributed by atoms with Crippen molar-refractivity contribution < 1.29 is 9.72 Å². The number of carbonyl (C=O) groups excluding carboxylic acids is 1. The molecule has 9 heteroatoms. The van der Waals surface area contributed by atoms with Crippen LogP contribution in [0.2, 0.25) is 0 Å². The maximum absolute atomic E-state index is 11.9. The van der Waals surface area contributed by atoms with Crippen LogP contribution in [0.5, 0.6) is 0 Å². The molecule has 0 radical (unpaired) electrons. The first-order chi connectivity index (χ1) is 8.58. The number of nitro groups is 1. The maximum Gasteiger partial charge on any atom is 0.404 e. The molecule has 1 N–H and O–H groups in total. The van der Waals surface area contributed by atoms with Crippen LogP contribution in [0.25, 0.3) is 0 Å². The van der Waals surface area contributed by atoms with E-state index in [0.717, 1.165) is 13.1 Å². The number of amides is 1. The van der Waals surface area contributed by atoms with Crippen molar-refractivity contribution in [3.63, 3.8) is 0 Å². The smallest absolute Gasteiger partial charge is 0.358 e. The number of piperazine rings is 1. The third-order valence-corrected chi connectivity index (χ3v) is 3.20. The second-order valence-corrected chi connectivity index (χ2v) is 4.74. The summed E-state index contributed by atoms with van der Waals surface area (Å²) in [4.78, 5) is 23.7. The minimum atomic E-state index is -0.587. The number of halogens is 1. The van der Waals surface area contributed by atoms with Gasteiger partial charge in [0.1, 0.15) is 11.0 Å². The first-order valence-electron chi connectivity index (χ1n) is 5.44. The third kappa shape index (κ3) is 2.85. The highest BCUT2D eigenvalue weighted by Crippen LogP contribution is 2.21. The summed E-state index contributed by atoms with van der Waals surface area (Å²) in [6.45, 7) is 2.88. The van der Waals surface area contributed by atoms with E-state index in [-0.39, 0.29) is 22.7 Å². The number of aromatic nitrogens is 2. The Morgan fingerprint density at radius 3 is 2.78 bits per heavy atom. The van der Waals surface area contributed by atoms with E-state index in [9.17, 15) is 14.9 Å². The van der Waals surface area contributed by atoms with E-state index in [1.807, 2.05) is 0 Å². The quantitative estimate of drug-likeness (QED) is 0.625. The van der Waals surface area contributed by atoms with Crippen molar-refractivity contribution in [1.29, 1.82) is 0 Å². The van der Waals surface area contributed by atoms with Crippen molar-refractivity contribution in [2.24, 2.45) is 0 Å². The molecule has 1 aliphatic heterocycles. The van der Waals surface area contributed by atoms with E-state index in [0.29, 0.717) is 13.1 Å². The molecule has 1 saturated heterocycles. The highest BCUT2D eigenvalue weighted by atomic mass is 79.9. The molecule has 0 bridgehead atoms. The Hall–Kier alpha value is -1.48. The molecule has 0 saturated carbocycles. The summed E-state index contributed by atoms with van der Waals surface area (Å²) in [5.74, 6) is -0.357. The zero-order valence-electron chi connectivity index (χ0n) is 9.50. The lowest BCUT2D eigenvalue weighted by Gasteiger charge is -2.26. The number of hydrogen-bond donors (Lipinski definition) is 1. The molecular weight excluding hydrogens is 306 g/mol. The number of hydrogen-bond acceptors (Lipinski definition) is 5. The largest absolute Gasteiger partial charge is 0.404 e. The van der Waals surface area contributed by atoms with Gasteiger partial charge in [-0.2, -0.15) is 4.68 Å². The molecule has 2 rings (SSSR count). The summed E-state index contributed by atoms with van der Waals surface area (Å²) in [5.41, 5.74) is 0. The van der Waals surface area contributed by atoms with Gasteiger partial charge in [0.2, 0.25) is 5.91 Å². The summed E-state index contributed by atoms with van der Waals surface area (Å²) in [5, 5.41) is 17.5. The summed E-state index contributed by atoms with van der Waals surface area (Å²) in [6.07, 6.45) is 1.44. The van der Waals surface area contributed by atoms with E-state index < -0.39 is 4.92 Å². The molecule has 1 aromatic rings. The van der Waals surface area contributed by atoms with E-state index in [1.165, 1.54) is 10.9 Å². The van der Waals surface area contributed by atoms with Crippen LogP contribution in [0.3, 0.4) is 0 Å². The predicted molar refractivity (Wildman–Crippen MR) is 66.0 cm³/mol. The molecule has 0 aliphatic carbocycles. The minimum Gasteiger partial charge on any atom is -0.358 e. The van der Waals surface area contributed by atoms with Crippen LogP contribution in [0.4, 0.5) is 5.82 Å². The standard InChI is InChI=1S/C9H12BrN5O3/c10-7-5-14(12-9(7)15(17)18)6-8(16)13-3-1-11-2-4-13/h5,11H,1-4,6H2. The Bertz CT molecular complexity index is 469. The molecule has 0 spiro atoms. The molecule has 98 valence electrons. The lowest BCUT2D eigenvalue weighted by atomic mass is 10.3. The molecule has 0 aromatic carbocycles. The summed E-state index contributed by atoms with van der Waals surface area (Å²) < 4.78 is 1.56. The second-order valence-electron chi connectivity index (χ2n) is 3.89. The van der Waals surface area contributed by atoms with Gasteiger partial charge >= 0.3 is 5.82 Å². The summed E-state index contributed by atoms with van der Waals surface area (Å²) in [6, 6.07) is 0. The van der Waals surface area contributed by atoms with Crippen LogP contribution in [-0.2, 0) is 11.3 Å². The lowest BCUT2D eigenvalue weighted by Crippen LogP contribution is -2.47. The number of rotatable bonds is 3. The van der Waals surface area contributed by atoms with Gasteiger partial charge in [-0.25, -0.2) is 0 Å². The van der Waals surface area contributed by atoms with E-state index in [4.69, 9.17) is 0 Å². The molecule has 8 nitrogen and oxygen atoms in total. The van der Waals surface area contributed by atoms with Gasteiger partial charge in [-0.1, -0.05) is 0 Å². The van der Waals surface area contributed by atoms with Crippen LogP contribution < -0.4 is 5.32 Å². The number of nitrogens with one attached hydrogen (secondary N) is 1. The van der Waals surface area contributed by atoms with Crippen molar-refractivity contribution in [1.82, 2.24) is 20.0 Å². The minimum absolute atomic E-state index is 0.0203. The van der Waals surface area contributed by atoms with Gasteiger partial charge in [0.05, 0.1) is 11.3 Å². The maximum atomic E-state index is 11.9. The first kappa shape index (κ1) is 13.0. The molecule has 1 fully saturated rings. The highest BCUT2D eigenvalue weighted by Gasteiger charge is 2.22. The predicted octanol–water partition coefficient (Wildman–Crippen LogP) is -0.0144. The molecule has 18 heavy (non-hydrogen) atoms. The summed E-state index contributed by atoms with van der Waals surface area (Å²) in [7, 11) is 0. The van der Waals surface area contributed by atoms with Crippen molar-refractivity contribution >= 4 is 27.7 Å². The molecule has 1 aromatic heterocycles. The van der Waals surface area contributed by atoms with Crippen LogP contribution in [-0.4, -0.2) is 51.7 Å².